The first-order chi connectivity index (χ1) is 6.85. The molecule has 0 rings (SSSR count). The quantitative estimate of drug-likeness (QED) is 0.654. The Morgan fingerprint density at radius 3 is 2.21 bits per heavy atom. The van der Waals surface area contributed by atoms with Crippen LogP contribution in [0.25, 0.3) is 0 Å². The van der Waals surface area contributed by atoms with Crippen molar-refractivity contribution in [1.82, 2.24) is 4.90 Å². The molecule has 0 spiro atoms. The number of rotatable bonds is 8. The van der Waals surface area contributed by atoms with Crippen LogP contribution in [-0.4, -0.2) is 44.8 Å². The maximum absolute atomic E-state index is 5.44. The van der Waals surface area contributed by atoms with Gasteiger partial charge in [-0.2, -0.15) is 0 Å². The number of ether oxygens (including phenoxy) is 1. The highest BCUT2D eigenvalue weighted by Gasteiger charge is 2.01. The van der Waals surface area contributed by atoms with Gasteiger partial charge in [-0.3, -0.25) is 0 Å². The summed E-state index contributed by atoms with van der Waals surface area (Å²) in [5.41, 5.74) is 5.44. The molecule has 0 aromatic carbocycles. The second-order valence-electron chi connectivity index (χ2n) is 2.98. The van der Waals surface area contributed by atoms with Gasteiger partial charge < -0.3 is 15.4 Å². The highest BCUT2D eigenvalue weighted by molar-refractivity contribution is 4.56. The monoisotopic (exact) mass is 204 g/mol. The highest BCUT2D eigenvalue weighted by atomic mass is 16.5. The molecule has 0 aliphatic carbocycles. The molecule has 2 N–H and O–H groups in total. The Morgan fingerprint density at radius 2 is 1.79 bits per heavy atom. The second-order valence-corrected chi connectivity index (χ2v) is 2.98. The van der Waals surface area contributed by atoms with E-state index < -0.39 is 0 Å². The van der Waals surface area contributed by atoms with Crippen LogP contribution in [0, 0.1) is 0 Å². The SMILES string of the molecule is CC.CCCN(CCCN)CCOC. The standard InChI is InChI=1S/C9H22N2O.C2H6/c1-3-6-11(7-4-5-10)8-9-12-2;1-2/h3-10H2,1-2H3;1-2H3. The van der Waals surface area contributed by atoms with Gasteiger partial charge in [0.2, 0.25) is 0 Å². The second kappa shape index (κ2) is 15.4. The Hall–Kier alpha value is -0.120. The molecule has 88 valence electrons. The summed E-state index contributed by atoms with van der Waals surface area (Å²) in [5, 5.41) is 0. The fourth-order valence-electron chi connectivity index (χ4n) is 1.19. The first-order valence-corrected chi connectivity index (χ1v) is 5.76. The minimum absolute atomic E-state index is 0.785. The maximum atomic E-state index is 5.44. The van der Waals surface area contributed by atoms with Crippen molar-refractivity contribution in [3.63, 3.8) is 0 Å². The van der Waals surface area contributed by atoms with Gasteiger partial charge in [0.1, 0.15) is 0 Å². The average molecular weight is 204 g/mol. The van der Waals surface area contributed by atoms with E-state index in [9.17, 15) is 0 Å². The van der Waals surface area contributed by atoms with E-state index in [4.69, 9.17) is 10.5 Å². The van der Waals surface area contributed by atoms with E-state index in [2.05, 4.69) is 11.8 Å². The van der Waals surface area contributed by atoms with Crippen LogP contribution >= 0.6 is 0 Å². The molecule has 3 heteroatoms. The molecule has 0 saturated carbocycles. The smallest absolute Gasteiger partial charge is 0.0589 e. The lowest BCUT2D eigenvalue weighted by Crippen LogP contribution is -2.30. The third-order valence-corrected chi connectivity index (χ3v) is 1.83. The molecule has 0 radical (unpaired) electrons. The largest absolute Gasteiger partial charge is 0.383 e. The minimum atomic E-state index is 0.785. The van der Waals surface area contributed by atoms with Gasteiger partial charge in [0, 0.05) is 13.7 Å². The van der Waals surface area contributed by atoms with E-state index in [1.165, 1.54) is 6.42 Å². The van der Waals surface area contributed by atoms with Crippen LogP contribution in [0.15, 0.2) is 0 Å². The molecular weight excluding hydrogens is 176 g/mol. The molecule has 0 aliphatic heterocycles. The summed E-state index contributed by atoms with van der Waals surface area (Å²) in [7, 11) is 1.74. The third-order valence-electron chi connectivity index (χ3n) is 1.83. The molecule has 0 atom stereocenters. The van der Waals surface area contributed by atoms with Gasteiger partial charge >= 0.3 is 0 Å². The summed E-state index contributed by atoms with van der Waals surface area (Å²) >= 11 is 0. The lowest BCUT2D eigenvalue weighted by Gasteiger charge is -2.20. The maximum Gasteiger partial charge on any atom is 0.0589 e. The summed E-state index contributed by atoms with van der Waals surface area (Å²) < 4.78 is 5.03. The zero-order chi connectivity index (χ0) is 11.2. The van der Waals surface area contributed by atoms with Gasteiger partial charge in [-0.1, -0.05) is 20.8 Å². The molecule has 14 heavy (non-hydrogen) atoms. The fraction of sp³-hybridized carbons (Fsp3) is 1.00. The number of hydrogen-bond donors (Lipinski definition) is 1. The lowest BCUT2D eigenvalue weighted by atomic mass is 10.3. The van der Waals surface area contributed by atoms with Crippen LogP contribution in [0.4, 0.5) is 0 Å². The highest BCUT2D eigenvalue weighted by Crippen LogP contribution is 1.93. The van der Waals surface area contributed by atoms with Crippen LogP contribution in [0.3, 0.4) is 0 Å². The molecule has 0 bridgehead atoms. The summed E-state index contributed by atoms with van der Waals surface area (Å²) in [6.07, 6.45) is 2.29. The van der Waals surface area contributed by atoms with Crippen LogP contribution in [0.1, 0.15) is 33.6 Å². The molecule has 0 aromatic rings. The molecule has 3 nitrogen and oxygen atoms in total. The average Bonchev–Trinajstić information content (AvgIpc) is 2.25. The van der Waals surface area contributed by atoms with Crippen LogP contribution in [-0.2, 0) is 4.74 Å². The zero-order valence-corrected chi connectivity index (χ0v) is 10.4. The Bertz CT molecular complexity index is 81.4. The van der Waals surface area contributed by atoms with E-state index in [0.717, 1.165) is 39.2 Å². The molecule has 0 aliphatic rings. The number of nitrogens with two attached hydrogens (primary N) is 1. The van der Waals surface area contributed by atoms with Crippen molar-refractivity contribution in [3.8, 4) is 0 Å². The van der Waals surface area contributed by atoms with Gasteiger partial charge in [0.25, 0.3) is 0 Å². The van der Waals surface area contributed by atoms with E-state index in [1.54, 1.807) is 7.11 Å². The molecular formula is C11H28N2O. The van der Waals surface area contributed by atoms with Gasteiger partial charge in [0.05, 0.1) is 6.61 Å². The first kappa shape index (κ1) is 16.3. The zero-order valence-electron chi connectivity index (χ0n) is 10.4. The molecule has 0 fully saturated rings. The van der Waals surface area contributed by atoms with Crippen LogP contribution < -0.4 is 5.73 Å². The van der Waals surface area contributed by atoms with Crippen molar-refractivity contribution >= 4 is 0 Å². The van der Waals surface area contributed by atoms with Gasteiger partial charge in [-0.25, -0.2) is 0 Å². The van der Waals surface area contributed by atoms with Crippen molar-refractivity contribution in [1.29, 1.82) is 0 Å². The van der Waals surface area contributed by atoms with Crippen molar-refractivity contribution in [3.05, 3.63) is 0 Å². The van der Waals surface area contributed by atoms with E-state index in [1.807, 2.05) is 13.8 Å². The van der Waals surface area contributed by atoms with Gasteiger partial charge in [-0.15, -0.1) is 0 Å². The summed E-state index contributed by atoms with van der Waals surface area (Å²) in [6, 6.07) is 0. The normalized spacial score (nSPS) is 9.86. The fourth-order valence-corrected chi connectivity index (χ4v) is 1.19. The number of nitrogens with zero attached hydrogens (tertiary/aromatic N) is 1. The van der Waals surface area contributed by atoms with Crippen LogP contribution in [0.2, 0.25) is 0 Å². The predicted molar refractivity (Wildman–Crippen MR) is 63.6 cm³/mol. The van der Waals surface area contributed by atoms with Crippen molar-refractivity contribution in [2.75, 3.05) is 39.9 Å². The first-order valence-electron chi connectivity index (χ1n) is 5.76. The Labute approximate surface area is 89.6 Å². The van der Waals surface area contributed by atoms with Gasteiger partial charge in [0.15, 0.2) is 0 Å². The van der Waals surface area contributed by atoms with Crippen LogP contribution in [0.5, 0.6) is 0 Å². The van der Waals surface area contributed by atoms with E-state index in [-0.39, 0.29) is 0 Å². The topological polar surface area (TPSA) is 38.5 Å². The molecule has 0 aromatic heterocycles. The van der Waals surface area contributed by atoms with Crippen molar-refractivity contribution in [2.45, 2.75) is 33.6 Å². The predicted octanol–water partition coefficient (Wildman–Crippen LogP) is 1.72. The Balaban J connectivity index is 0. The third kappa shape index (κ3) is 11.9. The molecule has 0 unspecified atom stereocenters. The van der Waals surface area contributed by atoms with E-state index in [0.29, 0.717) is 0 Å². The van der Waals surface area contributed by atoms with Crippen molar-refractivity contribution in [2.24, 2.45) is 5.73 Å². The molecule has 0 amide bonds. The Kier molecular flexibility index (Phi) is 17.9. The number of methoxy groups -OCH3 is 1. The summed E-state index contributed by atoms with van der Waals surface area (Å²) in [4.78, 5) is 2.40. The minimum Gasteiger partial charge on any atom is -0.383 e. The molecule has 0 heterocycles. The van der Waals surface area contributed by atoms with Crippen molar-refractivity contribution < 1.29 is 4.74 Å². The van der Waals surface area contributed by atoms with E-state index >= 15 is 0 Å². The Morgan fingerprint density at radius 1 is 1.14 bits per heavy atom. The lowest BCUT2D eigenvalue weighted by molar-refractivity contribution is 0.147. The number of hydrogen-bond acceptors (Lipinski definition) is 3. The summed E-state index contributed by atoms with van der Waals surface area (Å²) in [6.45, 7) is 11.1. The molecule has 0 saturated heterocycles. The summed E-state index contributed by atoms with van der Waals surface area (Å²) in [5.74, 6) is 0. The van der Waals surface area contributed by atoms with Gasteiger partial charge in [-0.05, 0) is 32.5 Å².